The lowest BCUT2D eigenvalue weighted by Crippen LogP contribution is -2.06. The van der Waals surface area contributed by atoms with Crippen LogP contribution in [0.5, 0.6) is 0 Å². The van der Waals surface area contributed by atoms with Crippen LogP contribution in [0.15, 0.2) is 176 Å². The van der Waals surface area contributed by atoms with Gasteiger partial charge in [-0.25, -0.2) is 4.98 Å². The highest BCUT2D eigenvalue weighted by Gasteiger charge is 2.21. The number of benzene rings is 7. The molecule has 0 unspecified atom stereocenters. The molecule has 0 aliphatic heterocycles. The zero-order chi connectivity index (χ0) is 33.0. The molecular weight excluding hydrogens is 611 g/mol. The monoisotopic (exact) mass is 639 g/mol. The third-order valence-electron chi connectivity index (χ3n) is 9.59. The van der Waals surface area contributed by atoms with E-state index in [0.717, 1.165) is 49.7 Å². The van der Waals surface area contributed by atoms with Crippen LogP contribution in [0.25, 0.3) is 89.2 Å². The molecule has 0 saturated heterocycles. The van der Waals surface area contributed by atoms with Gasteiger partial charge in [-0.15, -0.1) is 0 Å². The molecule has 0 fully saturated rings. The van der Waals surface area contributed by atoms with Gasteiger partial charge >= 0.3 is 0 Å². The molecule has 0 atom stereocenters. The Hall–Kier alpha value is -6.85. The van der Waals surface area contributed by atoms with E-state index in [9.17, 15) is 0 Å². The Morgan fingerprint density at radius 1 is 0.300 bits per heavy atom. The third kappa shape index (κ3) is 4.52. The van der Waals surface area contributed by atoms with Crippen LogP contribution in [0.1, 0.15) is 0 Å². The number of rotatable bonds is 5. The number of hydrogen-bond acceptors (Lipinski definition) is 3. The quantitative estimate of drug-likeness (QED) is 0.188. The molecule has 234 valence electrons. The maximum atomic E-state index is 5.15. The number of aromatic nitrogens is 5. The van der Waals surface area contributed by atoms with Gasteiger partial charge in [0, 0.05) is 38.4 Å². The van der Waals surface area contributed by atoms with Gasteiger partial charge < -0.3 is 4.57 Å². The van der Waals surface area contributed by atoms with Gasteiger partial charge in [-0.3, -0.25) is 4.57 Å². The van der Waals surface area contributed by atoms with Gasteiger partial charge in [0.1, 0.15) is 0 Å². The number of fused-ring (bicyclic) bond motifs is 6. The van der Waals surface area contributed by atoms with Gasteiger partial charge in [0.05, 0.1) is 22.1 Å². The highest BCUT2D eigenvalue weighted by Crippen LogP contribution is 2.39. The molecule has 5 heteroatoms. The Morgan fingerprint density at radius 3 is 1.30 bits per heavy atom. The molecule has 10 rings (SSSR count). The summed E-state index contributed by atoms with van der Waals surface area (Å²) in [6.45, 7) is 0. The molecule has 3 heterocycles. The van der Waals surface area contributed by atoms with E-state index in [0.29, 0.717) is 17.6 Å². The summed E-state index contributed by atoms with van der Waals surface area (Å²) in [5.74, 6) is 1.85. The zero-order valence-electron chi connectivity index (χ0n) is 27.0. The highest BCUT2D eigenvalue weighted by molar-refractivity contribution is 6.19. The summed E-state index contributed by atoms with van der Waals surface area (Å²) in [6, 6.07) is 61.5. The van der Waals surface area contributed by atoms with Crippen molar-refractivity contribution in [1.29, 1.82) is 0 Å². The largest absolute Gasteiger partial charge is 0.309 e. The summed E-state index contributed by atoms with van der Waals surface area (Å²) in [5, 5.41) is 4.72. The molecule has 0 amide bonds. The fourth-order valence-corrected chi connectivity index (χ4v) is 7.26. The van der Waals surface area contributed by atoms with Crippen molar-refractivity contribution in [2.75, 3.05) is 0 Å². The van der Waals surface area contributed by atoms with Crippen molar-refractivity contribution < 1.29 is 0 Å². The van der Waals surface area contributed by atoms with Crippen LogP contribution in [0.3, 0.4) is 0 Å². The van der Waals surface area contributed by atoms with Crippen molar-refractivity contribution in [3.05, 3.63) is 176 Å². The molecule has 50 heavy (non-hydrogen) atoms. The van der Waals surface area contributed by atoms with Crippen molar-refractivity contribution >= 4 is 43.6 Å². The molecule has 10 aromatic rings. The van der Waals surface area contributed by atoms with Crippen molar-refractivity contribution in [3.8, 4) is 45.5 Å². The smallest absolute Gasteiger partial charge is 0.238 e. The lowest BCUT2D eigenvalue weighted by Gasteiger charge is -2.12. The summed E-state index contributed by atoms with van der Waals surface area (Å²) >= 11 is 0. The first kappa shape index (κ1) is 28.2. The van der Waals surface area contributed by atoms with Gasteiger partial charge in [0.25, 0.3) is 0 Å². The van der Waals surface area contributed by atoms with Crippen LogP contribution in [-0.4, -0.2) is 24.1 Å². The number of para-hydroxylation sites is 2. The van der Waals surface area contributed by atoms with Crippen LogP contribution in [0.4, 0.5) is 0 Å². The maximum absolute atomic E-state index is 5.15. The SMILES string of the molecule is c1ccc(-c2ccc(-n3c4ccccc4c4cc5c6ccccc6n(-c6nc(-c7ccccc7)nc(-c7ccccc7)n6)c5cc43)cc2)cc1. The predicted molar refractivity (Wildman–Crippen MR) is 205 cm³/mol. The minimum atomic E-state index is 0.582. The topological polar surface area (TPSA) is 48.5 Å². The standard InChI is InChI=1S/C45H29N5/c1-4-14-30(15-5-1)31-24-26-34(27-25-31)49-39-22-12-10-20-35(39)37-28-38-36-21-11-13-23-40(36)50(42(38)29-41(37)49)45-47-43(32-16-6-2-7-17-32)46-44(48-45)33-18-8-3-9-19-33/h1-29H. The molecular formula is C45H29N5. The van der Waals surface area contributed by atoms with Crippen molar-refractivity contribution in [2.24, 2.45) is 0 Å². The molecule has 0 saturated carbocycles. The van der Waals surface area contributed by atoms with E-state index in [1.54, 1.807) is 0 Å². The summed E-state index contributed by atoms with van der Waals surface area (Å²) in [7, 11) is 0. The highest BCUT2D eigenvalue weighted by atomic mass is 15.2. The van der Waals surface area contributed by atoms with E-state index < -0.39 is 0 Å². The molecule has 0 spiro atoms. The number of nitrogens with zero attached hydrogens (tertiary/aromatic N) is 5. The van der Waals surface area contributed by atoms with E-state index in [1.165, 1.54) is 21.9 Å². The van der Waals surface area contributed by atoms with E-state index in [4.69, 9.17) is 15.0 Å². The molecule has 0 radical (unpaired) electrons. The Labute approximate surface area is 288 Å². The Bertz CT molecular complexity index is 2780. The molecule has 7 aromatic carbocycles. The molecule has 0 N–H and O–H groups in total. The maximum Gasteiger partial charge on any atom is 0.238 e. The van der Waals surface area contributed by atoms with Crippen molar-refractivity contribution in [2.45, 2.75) is 0 Å². The van der Waals surface area contributed by atoms with E-state index in [-0.39, 0.29) is 0 Å². The summed E-state index contributed by atoms with van der Waals surface area (Å²) in [5.41, 5.74) is 9.75. The third-order valence-corrected chi connectivity index (χ3v) is 9.59. The van der Waals surface area contributed by atoms with E-state index >= 15 is 0 Å². The second-order valence-electron chi connectivity index (χ2n) is 12.5. The average molecular weight is 640 g/mol. The summed E-state index contributed by atoms with van der Waals surface area (Å²) in [6.07, 6.45) is 0. The first-order valence-corrected chi connectivity index (χ1v) is 16.8. The average Bonchev–Trinajstić information content (AvgIpc) is 3.70. The number of hydrogen-bond donors (Lipinski definition) is 0. The Morgan fingerprint density at radius 2 is 0.740 bits per heavy atom. The van der Waals surface area contributed by atoms with Crippen LogP contribution >= 0.6 is 0 Å². The lowest BCUT2D eigenvalue weighted by atomic mass is 10.1. The van der Waals surface area contributed by atoms with E-state index in [1.807, 2.05) is 60.7 Å². The molecule has 3 aromatic heterocycles. The van der Waals surface area contributed by atoms with Crippen LogP contribution in [0.2, 0.25) is 0 Å². The molecule has 0 bridgehead atoms. The summed E-state index contributed by atoms with van der Waals surface area (Å²) < 4.78 is 4.57. The molecule has 0 aliphatic rings. The lowest BCUT2D eigenvalue weighted by molar-refractivity contribution is 0.953. The minimum absolute atomic E-state index is 0.582. The van der Waals surface area contributed by atoms with Crippen molar-refractivity contribution in [1.82, 2.24) is 24.1 Å². The summed E-state index contributed by atoms with van der Waals surface area (Å²) in [4.78, 5) is 15.3. The van der Waals surface area contributed by atoms with Crippen LogP contribution in [0, 0.1) is 0 Å². The van der Waals surface area contributed by atoms with Crippen LogP contribution < -0.4 is 0 Å². The molecule has 5 nitrogen and oxygen atoms in total. The fraction of sp³-hybridized carbons (Fsp3) is 0. The second-order valence-corrected chi connectivity index (χ2v) is 12.5. The van der Waals surface area contributed by atoms with E-state index in [2.05, 4.69) is 124 Å². The normalized spacial score (nSPS) is 11.6. The van der Waals surface area contributed by atoms with Gasteiger partial charge in [-0.05, 0) is 47.5 Å². The zero-order valence-corrected chi connectivity index (χ0v) is 27.0. The first-order chi connectivity index (χ1) is 24.8. The second kappa shape index (κ2) is 11.4. The minimum Gasteiger partial charge on any atom is -0.309 e. The fourth-order valence-electron chi connectivity index (χ4n) is 7.26. The van der Waals surface area contributed by atoms with Crippen LogP contribution in [-0.2, 0) is 0 Å². The Balaban J connectivity index is 1.26. The first-order valence-electron chi connectivity index (χ1n) is 16.8. The molecule has 0 aliphatic carbocycles. The van der Waals surface area contributed by atoms with Gasteiger partial charge in [0.15, 0.2) is 11.6 Å². The predicted octanol–water partition coefficient (Wildman–Crippen LogP) is 11.1. The Kier molecular flexibility index (Phi) is 6.42. The van der Waals surface area contributed by atoms with Crippen molar-refractivity contribution in [3.63, 3.8) is 0 Å². The van der Waals surface area contributed by atoms with Gasteiger partial charge in [0.2, 0.25) is 5.95 Å². The van der Waals surface area contributed by atoms with Gasteiger partial charge in [-0.2, -0.15) is 9.97 Å². The van der Waals surface area contributed by atoms with Gasteiger partial charge in [-0.1, -0.05) is 140 Å².